The molecule has 0 radical (unpaired) electrons. The van der Waals surface area contributed by atoms with Crippen LogP contribution in [0.2, 0.25) is 0 Å². The van der Waals surface area contributed by atoms with Crippen LogP contribution in [0.25, 0.3) is 6.08 Å². The van der Waals surface area contributed by atoms with Crippen LogP contribution < -0.4 is 5.32 Å². The smallest absolute Gasteiger partial charge is 0.303 e. The van der Waals surface area contributed by atoms with Crippen LogP contribution in [0, 0.1) is 0 Å². The van der Waals surface area contributed by atoms with Crippen LogP contribution in [0.5, 0.6) is 0 Å². The number of fused-ring (bicyclic) bond motifs is 1. The summed E-state index contributed by atoms with van der Waals surface area (Å²) in [5.74, 6) is -0.974. The van der Waals surface area contributed by atoms with Crippen molar-refractivity contribution in [3.05, 3.63) is 41.0 Å². The maximum Gasteiger partial charge on any atom is 0.303 e. The number of amides is 1. The standard InChI is InChI=1S/C15H17NO3/c17-14(18)6-3-9-16-15(19)13-8-7-11-4-1-2-5-12(11)10-13/h1,4,7-8,10H,2-3,5-6,9H2,(H,16,19)(H,17,18). The number of carbonyl (C=O) groups excluding carboxylic acids is 1. The van der Waals surface area contributed by atoms with Crippen molar-refractivity contribution >= 4 is 18.0 Å². The van der Waals surface area contributed by atoms with Crippen LogP contribution in [0.4, 0.5) is 0 Å². The van der Waals surface area contributed by atoms with Crippen molar-refractivity contribution in [2.75, 3.05) is 6.54 Å². The van der Waals surface area contributed by atoms with Crippen molar-refractivity contribution in [2.45, 2.75) is 25.7 Å². The van der Waals surface area contributed by atoms with Gasteiger partial charge < -0.3 is 10.4 Å². The number of hydrogen-bond acceptors (Lipinski definition) is 2. The van der Waals surface area contributed by atoms with Gasteiger partial charge >= 0.3 is 5.97 Å². The number of carboxylic acid groups (broad SMARTS) is 1. The molecular formula is C15H17NO3. The molecule has 1 aromatic carbocycles. The molecule has 0 aliphatic heterocycles. The van der Waals surface area contributed by atoms with Crippen molar-refractivity contribution in [2.24, 2.45) is 0 Å². The van der Waals surface area contributed by atoms with Gasteiger partial charge in [-0.25, -0.2) is 0 Å². The van der Waals surface area contributed by atoms with E-state index in [4.69, 9.17) is 5.11 Å². The minimum atomic E-state index is -0.838. The van der Waals surface area contributed by atoms with Gasteiger partial charge in [0.05, 0.1) is 0 Å². The van der Waals surface area contributed by atoms with Gasteiger partial charge in [-0.05, 0) is 42.5 Å². The Labute approximate surface area is 112 Å². The lowest BCUT2D eigenvalue weighted by Gasteiger charge is -2.12. The topological polar surface area (TPSA) is 66.4 Å². The number of allylic oxidation sites excluding steroid dienone is 1. The monoisotopic (exact) mass is 259 g/mol. The normalized spacial score (nSPS) is 12.8. The first-order chi connectivity index (χ1) is 9.16. The van der Waals surface area contributed by atoms with Gasteiger partial charge in [0.2, 0.25) is 0 Å². The molecule has 0 bridgehead atoms. The second-order valence-electron chi connectivity index (χ2n) is 4.61. The van der Waals surface area contributed by atoms with Gasteiger partial charge in [0, 0.05) is 18.5 Å². The number of benzene rings is 1. The Morgan fingerprint density at radius 3 is 2.95 bits per heavy atom. The van der Waals surface area contributed by atoms with Gasteiger partial charge in [0.1, 0.15) is 0 Å². The summed E-state index contributed by atoms with van der Waals surface area (Å²) in [6.07, 6.45) is 6.72. The number of nitrogens with one attached hydrogen (secondary N) is 1. The molecule has 1 aliphatic rings. The highest BCUT2D eigenvalue weighted by molar-refractivity contribution is 5.94. The molecule has 2 N–H and O–H groups in total. The summed E-state index contributed by atoms with van der Waals surface area (Å²) in [5, 5.41) is 11.2. The van der Waals surface area contributed by atoms with Crippen LogP contribution in [0.3, 0.4) is 0 Å². The molecule has 0 saturated carbocycles. The molecule has 0 fully saturated rings. The number of rotatable bonds is 5. The summed E-state index contributed by atoms with van der Waals surface area (Å²) >= 11 is 0. The van der Waals surface area contributed by atoms with Gasteiger partial charge in [0.25, 0.3) is 5.91 Å². The van der Waals surface area contributed by atoms with E-state index in [9.17, 15) is 9.59 Å². The number of hydrogen-bond donors (Lipinski definition) is 2. The summed E-state index contributed by atoms with van der Waals surface area (Å²) in [5.41, 5.74) is 3.01. The van der Waals surface area contributed by atoms with Crippen molar-refractivity contribution < 1.29 is 14.7 Å². The largest absolute Gasteiger partial charge is 0.481 e. The molecule has 0 aromatic heterocycles. The third-order valence-electron chi connectivity index (χ3n) is 3.14. The fraction of sp³-hybridized carbons (Fsp3) is 0.333. The molecular weight excluding hydrogens is 242 g/mol. The maximum atomic E-state index is 11.9. The summed E-state index contributed by atoms with van der Waals surface area (Å²) < 4.78 is 0. The van der Waals surface area contributed by atoms with Crippen molar-refractivity contribution in [1.82, 2.24) is 5.32 Å². The van der Waals surface area contributed by atoms with E-state index in [1.807, 2.05) is 12.1 Å². The Balaban J connectivity index is 1.92. The average molecular weight is 259 g/mol. The Morgan fingerprint density at radius 2 is 2.16 bits per heavy atom. The molecule has 0 heterocycles. The van der Waals surface area contributed by atoms with Gasteiger partial charge in [0.15, 0.2) is 0 Å². The SMILES string of the molecule is O=C(O)CCCNC(=O)c1ccc2c(c1)CCC=C2. The van der Waals surface area contributed by atoms with Gasteiger partial charge in [-0.2, -0.15) is 0 Å². The zero-order valence-corrected chi connectivity index (χ0v) is 10.7. The van der Waals surface area contributed by atoms with E-state index in [0.29, 0.717) is 18.5 Å². The predicted octanol–water partition coefficient (Wildman–Crippen LogP) is 2.24. The highest BCUT2D eigenvalue weighted by Gasteiger charge is 2.10. The van der Waals surface area contributed by atoms with E-state index in [-0.39, 0.29) is 12.3 Å². The number of carbonyl (C=O) groups is 2. The fourth-order valence-electron chi connectivity index (χ4n) is 2.12. The molecule has 1 aromatic rings. The lowest BCUT2D eigenvalue weighted by molar-refractivity contribution is -0.137. The van der Waals surface area contributed by atoms with Crippen molar-refractivity contribution in [3.63, 3.8) is 0 Å². The van der Waals surface area contributed by atoms with E-state index in [2.05, 4.69) is 17.5 Å². The first kappa shape index (κ1) is 13.3. The highest BCUT2D eigenvalue weighted by Crippen LogP contribution is 2.20. The number of aryl methyl sites for hydroxylation is 1. The summed E-state index contributed by atoms with van der Waals surface area (Å²) in [6, 6.07) is 5.68. The molecule has 0 unspecified atom stereocenters. The molecule has 100 valence electrons. The lowest BCUT2D eigenvalue weighted by atomic mass is 9.95. The highest BCUT2D eigenvalue weighted by atomic mass is 16.4. The zero-order valence-electron chi connectivity index (χ0n) is 10.7. The van der Waals surface area contributed by atoms with E-state index in [1.54, 1.807) is 6.07 Å². The van der Waals surface area contributed by atoms with Crippen LogP contribution in [-0.2, 0) is 11.2 Å². The minimum Gasteiger partial charge on any atom is -0.481 e. The summed E-state index contributed by atoms with van der Waals surface area (Å²) in [4.78, 5) is 22.3. The van der Waals surface area contributed by atoms with E-state index < -0.39 is 5.97 Å². The Morgan fingerprint density at radius 1 is 1.32 bits per heavy atom. The maximum absolute atomic E-state index is 11.9. The molecule has 0 atom stereocenters. The minimum absolute atomic E-state index is 0.0786. The van der Waals surface area contributed by atoms with Crippen LogP contribution >= 0.6 is 0 Å². The quantitative estimate of drug-likeness (QED) is 0.797. The van der Waals surface area contributed by atoms with Gasteiger partial charge in [-0.15, -0.1) is 0 Å². The third kappa shape index (κ3) is 3.68. The van der Waals surface area contributed by atoms with Crippen LogP contribution in [0.1, 0.15) is 40.7 Å². The second kappa shape index (κ2) is 6.18. The molecule has 0 spiro atoms. The van der Waals surface area contributed by atoms with E-state index in [0.717, 1.165) is 12.8 Å². The lowest BCUT2D eigenvalue weighted by Crippen LogP contribution is -2.25. The predicted molar refractivity (Wildman–Crippen MR) is 73.0 cm³/mol. The first-order valence-corrected chi connectivity index (χ1v) is 6.46. The van der Waals surface area contributed by atoms with Crippen LogP contribution in [0.15, 0.2) is 24.3 Å². The van der Waals surface area contributed by atoms with Gasteiger partial charge in [-0.3, -0.25) is 9.59 Å². The van der Waals surface area contributed by atoms with Crippen LogP contribution in [-0.4, -0.2) is 23.5 Å². The number of aliphatic carboxylic acids is 1. The third-order valence-corrected chi connectivity index (χ3v) is 3.14. The molecule has 4 nitrogen and oxygen atoms in total. The van der Waals surface area contributed by atoms with E-state index >= 15 is 0 Å². The zero-order chi connectivity index (χ0) is 13.7. The Bertz CT molecular complexity index is 520. The fourth-order valence-corrected chi connectivity index (χ4v) is 2.12. The molecule has 1 amide bonds. The number of carboxylic acids is 1. The molecule has 2 rings (SSSR count). The van der Waals surface area contributed by atoms with E-state index in [1.165, 1.54) is 11.1 Å². The van der Waals surface area contributed by atoms with Crippen molar-refractivity contribution in [3.8, 4) is 0 Å². The van der Waals surface area contributed by atoms with Gasteiger partial charge in [-0.1, -0.05) is 18.2 Å². The Hall–Kier alpha value is -2.10. The average Bonchev–Trinajstić information content (AvgIpc) is 2.42. The molecule has 19 heavy (non-hydrogen) atoms. The first-order valence-electron chi connectivity index (χ1n) is 6.46. The summed E-state index contributed by atoms with van der Waals surface area (Å²) in [6.45, 7) is 0.391. The molecule has 4 heteroatoms. The Kier molecular flexibility index (Phi) is 4.34. The molecule has 0 saturated heterocycles. The molecule has 1 aliphatic carbocycles. The summed E-state index contributed by atoms with van der Waals surface area (Å²) in [7, 11) is 0. The second-order valence-corrected chi connectivity index (χ2v) is 4.61. The van der Waals surface area contributed by atoms with Crippen molar-refractivity contribution in [1.29, 1.82) is 0 Å².